The molecular weight excluding hydrogens is 2270 g/mol. The third-order valence-electron chi connectivity index (χ3n) is 17.5. The molecule has 0 saturated carbocycles. The molecule has 7 N–H and O–H groups in total. The van der Waals surface area contributed by atoms with E-state index in [-0.39, 0.29) is 72.8 Å². The van der Waals surface area contributed by atoms with Gasteiger partial charge in [-0.25, -0.2) is 74.4 Å². The minimum Gasteiger partial charge on any atom is -0.443 e. The number of rotatable bonds is 21. The summed E-state index contributed by atoms with van der Waals surface area (Å²) in [6.45, 7) is 14.4. The average Bonchev–Trinajstić information content (AvgIpc) is 1.59. The zero-order chi connectivity index (χ0) is 102. The van der Waals surface area contributed by atoms with Gasteiger partial charge >= 0.3 is 22.5 Å². The standard InChI is InChI=1S/C16H16BrFN2O4S.C15H15BrFN3O4S.C13H15BrFNO5S.C13H15BrFNO4S.C9H10BrFO.C8H9BrFNO.C7H8N2O4S.C2H3N/c1-11(12-7-13(17)9-14(18)8-12)10-19(2)25(23,24)16-6-4-3-5-15(16)20(21)22;1-19(9-13(18)10-6-11(16)8-12(17)7-10)25(23,24)15-5-3-2-4-14(15)20(21)22;1-13(2,3)21-12(17)16-11(7-20-22(16,18)19)8-4-9(14)6-10(15)5-8;1-13(2,3)20-12(17)16-11(7-19-21(16)18)8-4-9(14)6-10(15)5-8;1-6(5-12)7-2-8(10)4-9(11)3-7;9-6-1-5(8(11)4-12)2-7(10)3-6;1-8-14(12,13)7-5-3-2-4-6(7)9(10)11;1-2-3/h3-9,11H,10H2,1-2H3;2-8,13H,9,18H2,1H3;4-6,11H,7H2,1-3H3;4-6,11H,7H2,1-3H3;2-4,6,12H,5H2,1H3;1-3,8,12H,4,11H2;2-5,8H,1H3;1H3/t11-;13-;11-;11-,21?;6-;8-;;/m111111../s1. The number of nitriles is 1. The first-order valence-corrected chi connectivity index (χ1v) is 50.0. The lowest BCUT2D eigenvalue weighted by Gasteiger charge is -2.26. The number of carbonyl (C=O) groups is 2. The molecule has 0 bridgehead atoms. The van der Waals surface area contributed by atoms with Crippen molar-refractivity contribution < 1.29 is 117 Å². The summed E-state index contributed by atoms with van der Waals surface area (Å²) in [4.78, 5) is 53.6. The number of likely N-dealkylation sites (N-methyl/N-ethyl adjacent to an activating group) is 2. The smallest absolute Gasteiger partial charge is 0.426 e. The molecular formula is C83H91Br6F6N11O23S5. The van der Waals surface area contributed by atoms with Crippen molar-refractivity contribution in [3.8, 4) is 6.07 Å². The Hall–Kier alpha value is -8.74. The third kappa shape index (κ3) is 36.6. The molecule has 2 saturated heterocycles. The van der Waals surface area contributed by atoms with Crippen LogP contribution in [-0.2, 0) is 69.5 Å². The van der Waals surface area contributed by atoms with Crippen molar-refractivity contribution in [2.24, 2.45) is 11.5 Å². The van der Waals surface area contributed by atoms with Crippen molar-refractivity contribution in [1.82, 2.24) is 21.9 Å². The molecule has 34 nitrogen and oxygen atoms in total. The van der Waals surface area contributed by atoms with Gasteiger partial charge in [0.25, 0.3) is 28.3 Å². The number of nitrogens with zero attached hydrogens (tertiary/aromatic N) is 8. The molecule has 0 aromatic heterocycles. The number of hydrogen-bond donors (Lipinski definition) is 5. The van der Waals surface area contributed by atoms with Gasteiger partial charge in [0.1, 0.15) is 58.2 Å². The molecule has 11 rings (SSSR count). The van der Waals surface area contributed by atoms with Crippen molar-refractivity contribution in [3.05, 3.63) is 307 Å². The van der Waals surface area contributed by atoms with E-state index in [0.717, 1.165) is 48.8 Å². The summed E-state index contributed by atoms with van der Waals surface area (Å²) in [5.41, 5.74) is 11.6. The number of nitrogens with one attached hydrogen (secondary N) is 1. The van der Waals surface area contributed by atoms with Gasteiger partial charge in [-0.05, 0) is 215 Å². The summed E-state index contributed by atoms with van der Waals surface area (Å²) < 4.78 is 217. The summed E-state index contributed by atoms with van der Waals surface area (Å²) in [5, 5.41) is 57.5. The van der Waals surface area contributed by atoms with E-state index in [1.165, 1.54) is 149 Å². The molecule has 9 aromatic carbocycles. The lowest BCUT2D eigenvalue weighted by Crippen LogP contribution is -2.39. The Kier molecular flexibility index (Phi) is 46.2. The zero-order valence-electron chi connectivity index (χ0n) is 72.8. The SMILES string of the molecule is CC#N.CC(C)(C)OC(=O)N1[C@@H](c2cc(F)cc(Br)c2)COS1(=O)=O.CC(C)(C)OC(=O)N1[C@@H](c2cc(F)cc(Br)c2)COS1=O.CN(C[C@@H](N)c1cc(F)cc(Br)c1)S(=O)(=O)c1ccccc1[N+](=O)[O-].CNS(=O)(=O)c1ccccc1[N+](=O)[O-].C[C@H](CN(C)S(=O)(=O)c1ccccc1[N+](=O)[O-])c1cc(F)cc(Br)c1.C[C@H](CO)c1cc(F)cc(Br)c1.N[C@H](CO)c1cc(F)cc(Br)c1. The van der Waals surface area contributed by atoms with E-state index < -0.39 is 159 Å². The van der Waals surface area contributed by atoms with Gasteiger partial charge in [0, 0.05) is 97.7 Å². The van der Waals surface area contributed by atoms with Gasteiger partial charge in [0.05, 0.1) is 46.7 Å². The van der Waals surface area contributed by atoms with Crippen LogP contribution in [0.5, 0.6) is 0 Å². The van der Waals surface area contributed by atoms with Crippen LogP contribution in [0.15, 0.2) is 224 Å². The van der Waals surface area contributed by atoms with E-state index in [1.54, 1.807) is 78.8 Å². The van der Waals surface area contributed by atoms with Crippen molar-refractivity contribution >= 4 is 176 Å². The summed E-state index contributed by atoms with van der Waals surface area (Å²) in [6.07, 6.45) is -1.82. The summed E-state index contributed by atoms with van der Waals surface area (Å²) in [7, 11) is -12.4. The predicted molar refractivity (Wildman–Crippen MR) is 507 cm³/mol. The van der Waals surface area contributed by atoms with Gasteiger partial charge in [-0.3, -0.25) is 38.7 Å². The van der Waals surface area contributed by atoms with Gasteiger partial charge in [-0.2, -0.15) is 26.6 Å². The second kappa shape index (κ2) is 52.7. The first-order chi connectivity index (χ1) is 62.1. The van der Waals surface area contributed by atoms with E-state index >= 15 is 0 Å². The maximum atomic E-state index is 13.5. The van der Waals surface area contributed by atoms with Crippen LogP contribution in [0.3, 0.4) is 0 Å². The van der Waals surface area contributed by atoms with Gasteiger partial charge in [0.15, 0.2) is 14.7 Å². The maximum Gasteiger partial charge on any atom is 0.426 e. The number of aliphatic hydroxyl groups is 2. The number of nitrogens with two attached hydrogens (primary N) is 2. The number of benzene rings is 9. The van der Waals surface area contributed by atoms with Crippen LogP contribution in [0.1, 0.15) is 132 Å². The van der Waals surface area contributed by atoms with Crippen molar-refractivity contribution in [2.75, 3.05) is 60.7 Å². The lowest BCUT2D eigenvalue weighted by atomic mass is 10.0. The molecule has 0 radical (unpaired) electrons. The number of sulfonamides is 3. The summed E-state index contributed by atoms with van der Waals surface area (Å²) in [6, 6.07) is 39.7. The van der Waals surface area contributed by atoms with Crippen LogP contribution in [-0.4, -0.2) is 164 Å². The van der Waals surface area contributed by atoms with E-state index in [0.29, 0.717) is 59.0 Å². The number of carbonyl (C=O) groups excluding carboxylic acids is 2. The maximum absolute atomic E-state index is 13.5. The van der Waals surface area contributed by atoms with Gasteiger partial charge in [-0.1, -0.05) is 146 Å². The van der Waals surface area contributed by atoms with Gasteiger partial charge in [0.2, 0.25) is 30.1 Å². The summed E-state index contributed by atoms with van der Waals surface area (Å²) >= 11 is 17.0. The van der Waals surface area contributed by atoms with Crippen LogP contribution in [0.2, 0.25) is 0 Å². The molecule has 2 fully saturated rings. The van der Waals surface area contributed by atoms with Crippen molar-refractivity contribution in [1.29, 1.82) is 5.26 Å². The first kappa shape index (κ1) is 118. The van der Waals surface area contributed by atoms with Gasteiger partial charge < -0.3 is 31.2 Å². The van der Waals surface area contributed by atoms with E-state index in [9.17, 15) is 104 Å². The highest BCUT2D eigenvalue weighted by Gasteiger charge is 2.46. The largest absolute Gasteiger partial charge is 0.443 e. The fourth-order valence-electron chi connectivity index (χ4n) is 11.3. The van der Waals surface area contributed by atoms with E-state index in [4.69, 9.17) is 44.8 Å². The molecule has 0 aliphatic carbocycles. The lowest BCUT2D eigenvalue weighted by molar-refractivity contribution is -0.388. The Morgan fingerprint density at radius 2 is 0.858 bits per heavy atom. The number of ether oxygens (including phenoxy) is 2. The number of hydrogen-bond acceptors (Lipinski definition) is 26. The molecule has 0 spiro atoms. The van der Waals surface area contributed by atoms with E-state index in [1.807, 2.05) is 17.7 Å². The molecule has 2 amide bonds. The molecule has 9 aromatic rings. The van der Waals surface area contributed by atoms with Crippen molar-refractivity contribution in [3.63, 3.8) is 0 Å². The second-order valence-electron chi connectivity index (χ2n) is 30.1. The van der Waals surface area contributed by atoms with Crippen LogP contribution < -0.4 is 16.2 Å². The molecule has 134 heavy (non-hydrogen) atoms. The first-order valence-electron chi connectivity index (χ1n) is 38.4. The Labute approximate surface area is 823 Å². The molecule has 730 valence electrons. The number of amides is 2. The quantitative estimate of drug-likeness (QED) is 0.0253. The molecule has 2 aliphatic heterocycles. The third-order valence-corrected chi connectivity index (χ3v) is 27.8. The number of para-hydroxylation sites is 3. The van der Waals surface area contributed by atoms with Gasteiger partial charge in [-0.15, -0.1) is 0 Å². The molecule has 7 atom stereocenters. The fourth-order valence-corrected chi connectivity index (χ4v) is 19.9. The Morgan fingerprint density at radius 1 is 0.537 bits per heavy atom. The van der Waals surface area contributed by atoms with Crippen LogP contribution in [0, 0.1) is 76.6 Å². The van der Waals surface area contributed by atoms with Crippen LogP contribution in [0.4, 0.5) is 53.0 Å². The average molecular weight is 2360 g/mol. The molecule has 2 aliphatic rings. The Balaban J connectivity index is 0.000000330. The highest BCUT2D eigenvalue weighted by atomic mass is 79.9. The molecule has 2 heterocycles. The number of nitro benzene ring substituents is 3. The molecule has 51 heteroatoms. The highest BCUT2D eigenvalue weighted by molar-refractivity contribution is 9.11. The highest BCUT2D eigenvalue weighted by Crippen LogP contribution is 2.38. The fraction of sp³-hybridized carbons (Fsp3) is 0.313. The normalized spacial score (nSPS) is 15.4. The summed E-state index contributed by atoms with van der Waals surface area (Å²) in [5.74, 6) is -2.92. The van der Waals surface area contributed by atoms with Crippen LogP contribution in [0.25, 0.3) is 0 Å². The topological polar surface area (TPSA) is 495 Å². The van der Waals surface area contributed by atoms with Crippen molar-refractivity contribution in [2.45, 2.75) is 124 Å². The van der Waals surface area contributed by atoms with E-state index in [2.05, 4.69) is 95.6 Å². The number of aliphatic hydroxyl groups excluding tert-OH is 2. The minimum atomic E-state index is -4.26. The number of halogens is 12. The second-order valence-corrected chi connectivity index (χ2v) is 44.1. The Morgan fingerprint density at radius 3 is 1.22 bits per heavy atom. The molecule has 1 unspecified atom stereocenters. The van der Waals surface area contributed by atoms with Crippen LogP contribution >= 0.6 is 95.6 Å². The predicted octanol–water partition coefficient (Wildman–Crippen LogP) is 18.7. The Bertz CT molecular complexity index is 5880. The zero-order valence-corrected chi connectivity index (χ0v) is 86.4. The number of nitro groups is 3. The minimum absolute atomic E-state index is 0.0156. The monoisotopic (exact) mass is 2360 g/mol.